The smallest absolute Gasteiger partial charge is 0.377 e. The van der Waals surface area contributed by atoms with Crippen molar-refractivity contribution in [2.45, 2.75) is 56.5 Å². The number of carboxylic acid groups (broad SMARTS) is 1. The van der Waals surface area contributed by atoms with Crippen molar-refractivity contribution in [1.29, 1.82) is 0 Å². The number of carboxylic acids is 1. The van der Waals surface area contributed by atoms with Crippen molar-refractivity contribution < 1.29 is 49.0 Å². The average Bonchev–Trinajstić information content (AvgIpc) is 2.73. The summed E-state index contributed by atoms with van der Waals surface area (Å²) in [5, 5.41) is 53.0. The molecule has 1 fully saturated rings. The summed E-state index contributed by atoms with van der Waals surface area (Å²) in [6.45, 7) is 1.94. The summed E-state index contributed by atoms with van der Waals surface area (Å²) < 4.78 is 16.3. The molecule has 2 aromatic rings. The van der Waals surface area contributed by atoms with Crippen LogP contribution in [-0.2, 0) is 14.3 Å². The predicted molar refractivity (Wildman–Crippen MR) is 116 cm³/mol. The number of aryl methyl sites for hydroxylation is 1. The van der Waals surface area contributed by atoms with Gasteiger partial charge in [-0.3, -0.25) is 4.79 Å². The molecule has 2 heterocycles. The van der Waals surface area contributed by atoms with E-state index >= 15 is 0 Å². The monoisotopic (exact) mass is 490 g/mol. The number of amides is 1. The molecule has 12 nitrogen and oxygen atoms in total. The van der Waals surface area contributed by atoms with Crippen molar-refractivity contribution in [3.63, 3.8) is 0 Å². The molecule has 0 saturated carbocycles. The Balaban J connectivity index is 0.00000408. The summed E-state index contributed by atoms with van der Waals surface area (Å²) in [7, 11) is 0. The number of ether oxygens (including phenoxy) is 2. The SMILES string of the molecule is CC(=O)NC1C(O)CC(Oc2ccc3c(C)cc(=O)oc3c2)(C(=O)O)OC1C(O)C(O)CO.[Na]. The molecular weight excluding hydrogens is 465 g/mol. The van der Waals surface area contributed by atoms with E-state index in [2.05, 4.69) is 5.32 Å². The van der Waals surface area contributed by atoms with Crippen molar-refractivity contribution in [3.05, 3.63) is 40.2 Å². The molecule has 1 aliphatic heterocycles. The number of aliphatic hydroxyl groups is 4. The van der Waals surface area contributed by atoms with Crippen LogP contribution in [0.15, 0.2) is 33.5 Å². The molecule has 1 aromatic carbocycles. The third kappa shape index (κ3) is 5.78. The van der Waals surface area contributed by atoms with Crippen molar-refractivity contribution in [2.75, 3.05) is 6.61 Å². The molecule has 0 spiro atoms. The van der Waals surface area contributed by atoms with Gasteiger partial charge in [-0.15, -0.1) is 0 Å². The zero-order valence-electron chi connectivity index (χ0n) is 18.8. The third-order valence-corrected chi connectivity index (χ3v) is 5.39. The molecule has 1 aromatic heterocycles. The Bertz CT molecular complexity index is 1110. The van der Waals surface area contributed by atoms with Gasteiger partial charge in [0.15, 0.2) is 0 Å². The minimum atomic E-state index is -2.55. The Morgan fingerprint density at radius 1 is 1.29 bits per heavy atom. The van der Waals surface area contributed by atoms with E-state index in [1.54, 1.807) is 13.0 Å². The number of rotatable bonds is 7. The Hall–Kier alpha value is -2.03. The second kappa shape index (κ2) is 11.1. The molecule has 0 bridgehead atoms. The maximum Gasteiger partial charge on any atom is 0.377 e. The number of benzene rings is 1. The van der Waals surface area contributed by atoms with Crippen LogP contribution in [0.5, 0.6) is 5.75 Å². The van der Waals surface area contributed by atoms with Gasteiger partial charge in [0, 0.05) is 54.0 Å². The molecule has 181 valence electrons. The molecule has 1 aliphatic rings. The quantitative estimate of drug-likeness (QED) is 0.190. The van der Waals surface area contributed by atoms with E-state index in [0.29, 0.717) is 10.9 Å². The van der Waals surface area contributed by atoms with Crippen LogP contribution in [0.2, 0.25) is 0 Å². The first-order chi connectivity index (χ1) is 15.5. The molecule has 34 heavy (non-hydrogen) atoms. The number of aliphatic hydroxyl groups excluding tert-OH is 4. The van der Waals surface area contributed by atoms with Gasteiger partial charge in [-0.25, -0.2) is 9.59 Å². The number of hydrogen-bond acceptors (Lipinski definition) is 10. The maximum atomic E-state index is 12.2. The normalized spacial score (nSPS) is 26.2. The van der Waals surface area contributed by atoms with E-state index in [-0.39, 0.29) is 40.9 Å². The summed E-state index contributed by atoms with van der Waals surface area (Å²) in [6, 6.07) is 4.21. The Labute approximate surface area is 215 Å². The second-order valence-corrected chi connectivity index (χ2v) is 7.89. The van der Waals surface area contributed by atoms with Gasteiger partial charge in [-0.05, 0) is 24.6 Å². The van der Waals surface area contributed by atoms with Crippen LogP contribution in [-0.4, -0.2) is 110 Å². The molecule has 0 aliphatic carbocycles. The predicted octanol–water partition coefficient (Wildman–Crippen LogP) is -1.75. The fourth-order valence-corrected chi connectivity index (χ4v) is 3.79. The van der Waals surface area contributed by atoms with Crippen LogP contribution in [0.25, 0.3) is 11.0 Å². The van der Waals surface area contributed by atoms with Gasteiger partial charge >= 0.3 is 17.4 Å². The first-order valence-electron chi connectivity index (χ1n) is 10.0. The largest absolute Gasteiger partial charge is 0.476 e. The van der Waals surface area contributed by atoms with E-state index in [0.717, 1.165) is 6.92 Å². The van der Waals surface area contributed by atoms with Crippen LogP contribution in [0.4, 0.5) is 0 Å². The average molecular weight is 490 g/mol. The van der Waals surface area contributed by atoms with Gasteiger partial charge in [-0.1, -0.05) is 0 Å². The van der Waals surface area contributed by atoms with E-state index in [1.807, 2.05) is 0 Å². The Morgan fingerprint density at radius 2 is 1.97 bits per heavy atom. The standard InChI is InChI=1S/C21H25NO11.Na/c1-9-5-16(27)31-15-6-11(3-4-12(9)15)32-21(20(29)30)7-13(25)17(22-10(2)24)19(33-21)18(28)14(26)8-23;/h3-6,13-14,17-19,23,25-26,28H,7-8H2,1-2H3,(H,22,24)(H,29,30);. The van der Waals surface area contributed by atoms with E-state index in [4.69, 9.17) is 13.9 Å². The van der Waals surface area contributed by atoms with E-state index in [9.17, 15) is 39.9 Å². The van der Waals surface area contributed by atoms with E-state index < -0.39 is 66.8 Å². The zero-order chi connectivity index (χ0) is 24.5. The van der Waals surface area contributed by atoms with Crippen LogP contribution in [0, 0.1) is 6.92 Å². The molecule has 1 saturated heterocycles. The van der Waals surface area contributed by atoms with Crippen molar-refractivity contribution in [3.8, 4) is 5.75 Å². The molecule has 3 rings (SSSR count). The number of aliphatic carboxylic acids is 1. The number of carbonyl (C=O) groups excluding carboxylic acids is 1. The summed E-state index contributed by atoms with van der Waals surface area (Å²) in [5.41, 5.74) is 0.135. The fraction of sp³-hybridized carbons (Fsp3) is 0.476. The number of carbonyl (C=O) groups is 2. The summed E-state index contributed by atoms with van der Waals surface area (Å²) in [5.74, 6) is -4.90. The van der Waals surface area contributed by atoms with Crippen LogP contribution < -0.4 is 15.7 Å². The molecule has 1 radical (unpaired) electrons. The molecule has 13 heteroatoms. The van der Waals surface area contributed by atoms with Gasteiger partial charge in [0.1, 0.15) is 29.6 Å². The summed E-state index contributed by atoms with van der Waals surface area (Å²) in [4.78, 5) is 35.5. The molecular formula is C21H25NNaO11. The maximum absolute atomic E-state index is 12.2. The first-order valence-corrected chi connectivity index (χ1v) is 10.0. The zero-order valence-corrected chi connectivity index (χ0v) is 20.8. The Morgan fingerprint density at radius 3 is 2.56 bits per heavy atom. The molecule has 6 atom stereocenters. The van der Waals surface area contributed by atoms with Gasteiger partial charge in [0.25, 0.3) is 0 Å². The fourth-order valence-electron chi connectivity index (χ4n) is 3.79. The van der Waals surface area contributed by atoms with Gasteiger partial charge in [0.05, 0.1) is 25.2 Å². The van der Waals surface area contributed by atoms with Crippen molar-refractivity contribution >= 4 is 52.4 Å². The van der Waals surface area contributed by atoms with Gasteiger partial charge in [-0.2, -0.15) is 0 Å². The third-order valence-electron chi connectivity index (χ3n) is 5.39. The van der Waals surface area contributed by atoms with Crippen molar-refractivity contribution in [1.82, 2.24) is 5.32 Å². The summed E-state index contributed by atoms with van der Waals surface area (Å²) >= 11 is 0. The van der Waals surface area contributed by atoms with Crippen LogP contribution >= 0.6 is 0 Å². The van der Waals surface area contributed by atoms with Crippen molar-refractivity contribution in [2.24, 2.45) is 0 Å². The minimum Gasteiger partial charge on any atom is -0.476 e. The van der Waals surface area contributed by atoms with Gasteiger partial charge < -0.3 is 44.7 Å². The summed E-state index contributed by atoms with van der Waals surface area (Å²) in [6.07, 6.45) is -7.56. The molecule has 6 unspecified atom stereocenters. The number of fused-ring (bicyclic) bond motifs is 1. The topological polar surface area (TPSA) is 196 Å². The Kier molecular flexibility index (Phi) is 9.24. The first kappa shape index (κ1) is 28.2. The van der Waals surface area contributed by atoms with Gasteiger partial charge in [0.2, 0.25) is 5.91 Å². The second-order valence-electron chi connectivity index (χ2n) is 7.89. The number of nitrogens with one attached hydrogen (secondary N) is 1. The minimum absolute atomic E-state index is 0. The van der Waals surface area contributed by atoms with E-state index in [1.165, 1.54) is 18.2 Å². The molecule has 6 N–H and O–H groups in total. The number of hydrogen-bond donors (Lipinski definition) is 6. The van der Waals surface area contributed by atoms with Crippen LogP contribution in [0.1, 0.15) is 18.9 Å². The van der Waals surface area contributed by atoms with Crippen LogP contribution in [0.3, 0.4) is 0 Å². The molecule has 1 amide bonds.